The maximum Gasteiger partial charge on any atom is 0.291 e. The highest BCUT2D eigenvalue weighted by molar-refractivity contribution is 7.19. The Hall–Kier alpha value is -3.33. The van der Waals surface area contributed by atoms with Crippen LogP contribution >= 0.6 is 11.3 Å². The van der Waals surface area contributed by atoms with Gasteiger partial charge >= 0.3 is 0 Å². The number of thiazole rings is 1. The fraction of sp³-hybridized carbons (Fsp3) is 0.211. The smallest absolute Gasteiger partial charge is 0.291 e. The second-order valence-electron chi connectivity index (χ2n) is 6.45. The standard InChI is InChI=1S/C19H19N7OS/c1-25-16-14(17-18(25)24-15(28-17)9-13(21)4-6-20)11-23-26(19(16)27)8-5-12-3-2-7-22-10-12/h2-4,6-7,10-11,20H,5,8-9,21H2,1H3. The van der Waals surface area contributed by atoms with Crippen molar-refractivity contribution in [2.45, 2.75) is 19.4 Å². The van der Waals surface area contributed by atoms with E-state index >= 15 is 0 Å². The van der Waals surface area contributed by atoms with Crippen LogP contribution in [0.25, 0.3) is 21.3 Å². The molecule has 0 amide bonds. The first-order valence-corrected chi connectivity index (χ1v) is 9.58. The van der Waals surface area contributed by atoms with Crippen LogP contribution in [0.1, 0.15) is 10.6 Å². The first-order chi connectivity index (χ1) is 13.6. The summed E-state index contributed by atoms with van der Waals surface area (Å²) in [6.07, 6.45) is 9.14. The number of pyridine rings is 1. The van der Waals surface area contributed by atoms with E-state index in [1.54, 1.807) is 24.7 Å². The summed E-state index contributed by atoms with van der Waals surface area (Å²) < 4.78 is 4.25. The zero-order valence-corrected chi connectivity index (χ0v) is 16.1. The lowest BCUT2D eigenvalue weighted by Crippen LogP contribution is -2.25. The number of allylic oxidation sites excluding steroid dienone is 2. The molecule has 8 nitrogen and oxygen atoms in total. The normalized spacial score (nSPS) is 12.1. The maximum absolute atomic E-state index is 13.0. The van der Waals surface area contributed by atoms with E-state index in [9.17, 15) is 4.79 Å². The van der Waals surface area contributed by atoms with E-state index in [-0.39, 0.29) is 5.56 Å². The molecule has 0 saturated carbocycles. The van der Waals surface area contributed by atoms with Gasteiger partial charge in [0.15, 0.2) is 5.65 Å². The molecule has 4 aromatic heterocycles. The third-order valence-electron chi connectivity index (χ3n) is 4.56. The number of nitrogens with zero attached hydrogens (tertiary/aromatic N) is 5. The van der Waals surface area contributed by atoms with Gasteiger partial charge in [0.2, 0.25) is 0 Å². The number of nitrogens with one attached hydrogen (secondary N) is 1. The number of aromatic nitrogens is 5. The first-order valence-electron chi connectivity index (χ1n) is 8.76. The van der Waals surface area contributed by atoms with Crippen LogP contribution in [0.3, 0.4) is 0 Å². The van der Waals surface area contributed by atoms with Gasteiger partial charge in [-0.05, 0) is 24.1 Å². The zero-order valence-electron chi connectivity index (χ0n) is 15.3. The van der Waals surface area contributed by atoms with E-state index < -0.39 is 0 Å². The van der Waals surface area contributed by atoms with Crippen LogP contribution in [0.5, 0.6) is 0 Å². The molecule has 0 bridgehead atoms. The molecule has 0 aromatic carbocycles. The number of aryl methyl sites for hydroxylation is 3. The highest BCUT2D eigenvalue weighted by Gasteiger charge is 2.18. The second kappa shape index (κ2) is 7.35. The molecular formula is C19H19N7OS. The van der Waals surface area contributed by atoms with Crippen molar-refractivity contribution in [2.24, 2.45) is 12.8 Å². The highest BCUT2D eigenvalue weighted by Crippen LogP contribution is 2.31. The summed E-state index contributed by atoms with van der Waals surface area (Å²) in [6, 6.07) is 3.87. The molecular weight excluding hydrogens is 374 g/mol. The summed E-state index contributed by atoms with van der Waals surface area (Å²) in [5, 5.41) is 13.1. The average molecular weight is 393 g/mol. The van der Waals surface area contributed by atoms with Crippen LogP contribution in [0.2, 0.25) is 0 Å². The van der Waals surface area contributed by atoms with Crippen LogP contribution in [0, 0.1) is 5.41 Å². The third kappa shape index (κ3) is 3.20. The Morgan fingerprint density at radius 2 is 2.25 bits per heavy atom. The van der Waals surface area contributed by atoms with E-state index in [0.29, 0.717) is 30.6 Å². The Kier molecular flexibility index (Phi) is 4.74. The maximum atomic E-state index is 13.0. The number of hydrogen-bond acceptors (Lipinski definition) is 7. The Labute approximate surface area is 164 Å². The molecule has 3 N–H and O–H groups in total. The molecule has 0 saturated heterocycles. The average Bonchev–Trinajstić information content (AvgIpc) is 3.21. The second-order valence-corrected chi connectivity index (χ2v) is 7.53. The molecule has 0 unspecified atom stereocenters. The van der Waals surface area contributed by atoms with Gasteiger partial charge in [0.1, 0.15) is 10.5 Å². The Bertz CT molecular complexity index is 1250. The summed E-state index contributed by atoms with van der Waals surface area (Å²) in [7, 11) is 1.85. The van der Waals surface area contributed by atoms with Crippen molar-refractivity contribution < 1.29 is 0 Å². The number of hydrogen-bond donors (Lipinski definition) is 2. The van der Waals surface area contributed by atoms with Gasteiger partial charge in [-0.3, -0.25) is 9.78 Å². The quantitative estimate of drug-likeness (QED) is 0.486. The Morgan fingerprint density at radius 3 is 3.00 bits per heavy atom. The van der Waals surface area contributed by atoms with Gasteiger partial charge in [-0.25, -0.2) is 9.67 Å². The van der Waals surface area contributed by atoms with Crippen LogP contribution in [-0.4, -0.2) is 30.5 Å². The largest absolute Gasteiger partial charge is 0.402 e. The van der Waals surface area contributed by atoms with Gasteiger partial charge in [-0.15, -0.1) is 11.3 Å². The number of fused-ring (bicyclic) bond motifs is 3. The fourth-order valence-electron chi connectivity index (χ4n) is 3.19. The summed E-state index contributed by atoms with van der Waals surface area (Å²) in [4.78, 5) is 21.7. The van der Waals surface area contributed by atoms with Crippen molar-refractivity contribution in [3.8, 4) is 0 Å². The van der Waals surface area contributed by atoms with E-state index in [1.807, 2.05) is 23.7 Å². The molecule has 9 heteroatoms. The van der Waals surface area contributed by atoms with Crippen molar-refractivity contribution >= 4 is 38.8 Å². The predicted octanol–water partition coefficient (Wildman–Crippen LogP) is 2.02. The van der Waals surface area contributed by atoms with Crippen LogP contribution in [0.4, 0.5) is 0 Å². The van der Waals surface area contributed by atoms with Crippen molar-refractivity contribution in [3.05, 3.63) is 63.4 Å². The molecule has 4 aromatic rings. The number of rotatable bonds is 6. The SMILES string of the molecule is Cn1c2nc(CC(N)=CC=N)sc2c2cnn(CCc3cccnc3)c(=O)c21. The number of nitrogens with two attached hydrogens (primary N) is 1. The molecule has 0 aliphatic heterocycles. The minimum Gasteiger partial charge on any atom is -0.402 e. The van der Waals surface area contributed by atoms with Gasteiger partial charge in [0.05, 0.1) is 10.9 Å². The lowest BCUT2D eigenvalue weighted by atomic mass is 10.2. The van der Waals surface area contributed by atoms with Crippen molar-refractivity contribution in [1.29, 1.82) is 5.41 Å². The van der Waals surface area contributed by atoms with E-state index in [1.165, 1.54) is 16.0 Å². The molecule has 0 radical (unpaired) electrons. The van der Waals surface area contributed by atoms with Gasteiger partial charge < -0.3 is 15.7 Å². The molecule has 0 spiro atoms. The van der Waals surface area contributed by atoms with E-state index in [4.69, 9.17) is 11.1 Å². The molecule has 0 atom stereocenters. The van der Waals surface area contributed by atoms with Crippen LogP contribution in [-0.2, 0) is 26.4 Å². The van der Waals surface area contributed by atoms with Crippen molar-refractivity contribution in [1.82, 2.24) is 24.3 Å². The summed E-state index contributed by atoms with van der Waals surface area (Å²) in [6.45, 7) is 0.489. The van der Waals surface area contributed by atoms with Crippen LogP contribution in [0.15, 0.2) is 47.3 Å². The first kappa shape index (κ1) is 18.1. The highest BCUT2D eigenvalue weighted by atomic mass is 32.1. The molecule has 4 rings (SSSR count). The molecule has 0 aliphatic carbocycles. The fourth-order valence-corrected chi connectivity index (χ4v) is 4.33. The summed E-state index contributed by atoms with van der Waals surface area (Å²) in [5.41, 5.74) is 8.75. The molecule has 28 heavy (non-hydrogen) atoms. The molecule has 0 fully saturated rings. The summed E-state index contributed by atoms with van der Waals surface area (Å²) in [5.74, 6) is 0. The molecule has 4 heterocycles. The van der Waals surface area contributed by atoms with Gasteiger partial charge in [0.25, 0.3) is 5.56 Å². The van der Waals surface area contributed by atoms with Gasteiger partial charge in [-0.1, -0.05) is 6.07 Å². The lowest BCUT2D eigenvalue weighted by Gasteiger charge is -2.05. The van der Waals surface area contributed by atoms with Crippen molar-refractivity contribution in [3.63, 3.8) is 0 Å². The van der Waals surface area contributed by atoms with E-state index in [2.05, 4.69) is 15.1 Å². The Morgan fingerprint density at radius 1 is 1.39 bits per heavy atom. The minimum absolute atomic E-state index is 0.126. The minimum atomic E-state index is -0.126. The van der Waals surface area contributed by atoms with Crippen molar-refractivity contribution in [2.75, 3.05) is 0 Å². The van der Waals surface area contributed by atoms with Gasteiger partial charge in [0, 0.05) is 49.7 Å². The third-order valence-corrected chi connectivity index (χ3v) is 5.64. The topological polar surface area (TPSA) is 115 Å². The van der Waals surface area contributed by atoms with Crippen LogP contribution < -0.4 is 11.3 Å². The van der Waals surface area contributed by atoms with E-state index in [0.717, 1.165) is 32.5 Å². The molecule has 0 aliphatic rings. The predicted molar refractivity (Wildman–Crippen MR) is 111 cm³/mol. The monoisotopic (exact) mass is 393 g/mol. The molecule has 142 valence electrons. The zero-order chi connectivity index (χ0) is 19.7. The lowest BCUT2D eigenvalue weighted by molar-refractivity contribution is 0.581. The summed E-state index contributed by atoms with van der Waals surface area (Å²) >= 11 is 1.50. The Balaban J connectivity index is 1.70. The van der Waals surface area contributed by atoms with Gasteiger partial charge in [-0.2, -0.15) is 5.10 Å².